The minimum Gasteiger partial charge on any atom is -0.356 e. The molecule has 1 aromatic rings. The molecule has 0 fully saturated rings. The summed E-state index contributed by atoms with van der Waals surface area (Å²) in [4.78, 5) is 20.5. The van der Waals surface area contributed by atoms with Gasteiger partial charge < -0.3 is 25.1 Å². The predicted molar refractivity (Wildman–Crippen MR) is 132 cm³/mol. The molecule has 1 rings (SSSR count). The van der Waals surface area contributed by atoms with Gasteiger partial charge in [0.15, 0.2) is 6.54 Å². The Balaban J connectivity index is 0.00000220. The standard InChI is InChI=1S/C25H44N2O.NO3/c1-4-5-6-7-8-9-10-11-12-13-14-18-21-26-25(28)23-27(2,3)22-24-19-16-15-17-20-24;2-1(3)4/h15-17,19-20H,4-14,18,21-23H2,1-3H3;/q;-1/p+1. The van der Waals surface area contributed by atoms with Gasteiger partial charge in [0.05, 0.1) is 19.2 Å². The quantitative estimate of drug-likeness (QED) is 0.139. The Morgan fingerprint density at radius 2 is 1.28 bits per heavy atom. The van der Waals surface area contributed by atoms with E-state index in [2.05, 4.69) is 50.6 Å². The van der Waals surface area contributed by atoms with Crippen molar-refractivity contribution in [1.82, 2.24) is 5.32 Å². The number of nitrogens with one attached hydrogen (secondary N) is 1. The number of benzene rings is 1. The van der Waals surface area contributed by atoms with Gasteiger partial charge in [0, 0.05) is 12.1 Å². The minimum atomic E-state index is -1.75. The number of carbonyl (C=O) groups is 1. The lowest BCUT2D eigenvalue weighted by atomic mass is 10.1. The van der Waals surface area contributed by atoms with Crippen molar-refractivity contribution in [3.05, 3.63) is 51.2 Å². The third-order valence-electron chi connectivity index (χ3n) is 5.38. The lowest BCUT2D eigenvalue weighted by Crippen LogP contribution is -2.46. The molecule has 32 heavy (non-hydrogen) atoms. The number of unbranched alkanes of at least 4 members (excludes halogenated alkanes) is 11. The highest BCUT2D eigenvalue weighted by Crippen LogP contribution is 2.12. The Labute approximate surface area is 194 Å². The van der Waals surface area contributed by atoms with Crippen molar-refractivity contribution in [1.29, 1.82) is 0 Å². The summed E-state index contributed by atoms with van der Waals surface area (Å²) in [7, 11) is 4.24. The van der Waals surface area contributed by atoms with Crippen LogP contribution in [-0.4, -0.2) is 42.7 Å². The molecular weight excluding hydrogens is 406 g/mol. The van der Waals surface area contributed by atoms with Gasteiger partial charge in [-0.3, -0.25) is 4.79 Å². The van der Waals surface area contributed by atoms with Gasteiger partial charge in [-0.1, -0.05) is 108 Å². The Kier molecular flexibility index (Phi) is 18.2. The Bertz CT molecular complexity index is 590. The molecule has 0 saturated carbocycles. The van der Waals surface area contributed by atoms with Crippen molar-refractivity contribution in [2.24, 2.45) is 0 Å². The Morgan fingerprint density at radius 3 is 1.75 bits per heavy atom. The minimum absolute atomic E-state index is 0.170. The van der Waals surface area contributed by atoms with Crippen LogP contribution in [0.5, 0.6) is 0 Å². The number of nitrogens with zero attached hydrogens (tertiary/aromatic N) is 2. The van der Waals surface area contributed by atoms with Gasteiger partial charge >= 0.3 is 0 Å². The second-order valence-corrected chi connectivity index (χ2v) is 9.20. The second kappa shape index (κ2) is 19.5. The number of hydrogen-bond acceptors (Lipinski definition) is 4. The zero-order chi connectivity index (χ0) is 24.1. The van der Waals surface area contributed by atoms with Gasteiger partial charge in [-0.25, -0.2) is 0 Å². The molecule has 0 aromatic heterocycles. The monoisotopic (exact) mass is 451 g/mol. The Hall–Kier alpha value is -2.15. The predicted octanol–water partition coefficient (Wildman–Crippen LogP) is 5.84. The van der Waals surface area contributed by atoms with Crippen LogP contribution in [0.1, 0.15) is 89.5 Å². The molecule has 1 N–H and O–H groups in total. The largest absolute Gasteiger partial charge is 0.356 e. The fourth-order valence-corrected chi connectivity index (χ4v) is 3.77. The lowest BCUT2D eigenvalue weighted by Gasteiger charge is -2.29. The molecule has 0 aliphatic carbocycles. The van der Waals surface area contributed by atoms with E-state index in [1.54, 1.807) is 0 Å². The molecule has 0 spiro atoms. The van der Waals surface area contributed by atoms with Gasteiger partial charge in [0.1, 0.15) is 6.54 Å². The molecule has 0 aliphatic heterocycles. The summed E-state index contributed by atoms with van der Waals surface area (Å²) in [5, 5.41) is 17.9. The van der Waals surface area contributed by atoms with E-state index in [0.29, 0.717) is 11.0 Å². The van der Waals surface area contributed by atoms with E-state index < -0.39 is 5.09 Å². The van der Waals surface area contributed by atoms with E-state index in [9.17, 15) is 4.79 Å². The van der Waals surface area contributed by atoms with E-state index in [1.807, 2.05) is 6.07 Å². The first-order valence-electron chi connectivity index (χ1n) is 12.2. The van der Waals surface area contributed by atoms with Crippen molar-refractivity contribution in [2.75, 3.05) is 27.2 Å². The van der Waals surface area contributed by atoms with Gasteiger partial charge in [-0.2, -0.15) is 0 Å². The fraction of sp³-hybridized carbons (Fsp3) is 0.720. The van der Waals surface area contributed by atoms with Crippen LogP contribution in [0.25, 0.3) is 0 Å². The number of hydrogen-bond donors (Lipinski definition) is 1. The number of likely N-dealkylation sites (N-methyl/N-ethyl adjacent to an activating group) is 1. The van der Waals surface area contributed by atoms with Crippen LogP contribution < -0.4 is 5.32 Å². The van der Waals surface area contributed by atoms with Crippen LogP contribution in [0.2, 0.25) is 0 Å². The lowest BCUT2D eigenvalue weighted by molar-refractivity contribution is -0.895. The van der Waals surface area contributed by atoms with Crippen molar-refractivity contribution < 1.29 is 14.4 Å². The average Bonchev–Trinajstić information content (AvgIpc) is 2.71. The summed E-state index contributed by atoms with van der Waals surface area (Å²) in [6.45, 7) is 4.51. The molecule has 0 atom stereocenters. The average molecular weight is 452 g/mol. The first-order valence-corrected chi connectivity index (χ1v) is 12.2. The number of amides is 1. The zero-order valence-corrected chi connectivity index (χ0v) is 20.5. The smallest absolute Gasteiger partial charge is 0.275 e. The van der Waals surface area contributed by atoms with Crippen LogP contribution in [0.3, 0.4) is 0 Å². The summed E-state index contributed by atoms with van der Waals surface area (Å²) in [6.07, 6.45) is 16.2. The molecule has 0 heterocycles. The fourth-order valence-electron chi connectivity index (χ4n) is 3.77. The first-order chi connectivity index (χ1) is 15.3. The van der Waals surface area contributed by atoms with Crippen molar-refractivity contribution in [3.8, 4) is 0 Å². The molecule has 184 valence electrons. The topological polar surface area (TPSA) is 95.3 Å². The summed E-state index contributed by atoms with van der Waals surface area (Å²) < 4.78 is 0.689. The molecule has 0 aliphatic rings. The maximum absolute atomic E-state index is 12.2. The molecule has 0 bridgehead atoms. The van der Waals surface area contributed by atoms with E-state index >= 15 is 0 Å². The highest BCUT2D eigenvalue weighted by atomic mass is 16.9. The van der Waals surface area contributed by atoms with E-state index in [-0.39, 0.29) is 5.91 Å². The maximum atomic E-state index is 12.2. The molecule has 1 amide bonds. The third kappa shape index (κ3) is 21.1. The van der Waals surface area contributed by atoms with Crippen molar-refractivity contribution >= 4 is 5.91 Å². The van der Waals surface area contributed by atoms with Crippen molar-refractivity contribution in [2.45, 2.75) is 90.5 Å². The van der Waals surface area contributed by atoms with Crippen LogP contribution in [0.15, 0.2) is 30.3 Å². The second-order valence-electron chi connectivity index (χ2n) is 9.20. The summed E-state index contributed by atoms with van der Waals surface area (Å²) in [6, 6.07) is 10.4. The third-order valence-corrected chi connectivity index (χ3v) is 5.38. The maximum Gasteiger partial charge on any atom is 0.275 e. The SMILES string of the molecule is CCCCCCCCCCCCCCNC(=O)C[N+](C)(C)Cc1ccccc1.O=[N+]([O-])[O-]. The normalized spacial score (nSPS) is 10.8. The number of quaternary nitrogens is 1. The first kappa shape index (κ1) is 29.9. The number of carbonyl (C=O) groups excluding carboxylic acids is 1. The molecular formula is C25H45N3O4. The van der Waals surface area contributed by atoms with Gasteiger partial charge in [0.25, 0.3) is 5.91 Å². The zero-order valence-electron chi connectivity index (χ0n) is 20.5. The van der Waals surface area contributed by atoms with Gasteiger partial charge in [-0.05, 0) is 6.42 Å². The molecule has 7 nitrogen and oxygen atoms in total. The summed E-state index contributed by atoms with van der Waals surface area (Å²) >= 11 is 0. The highest BCUT2D eigenvalue weighted by Gasteiger charge is 2.20. The summed E-state index contributed by atoms with van der Waals surface area (Å²) in [5.74, 6) is 0.170. The molecule has 0 unspecified atom stereocenters. The van der Waals surface area contributed by atoms with Gasteiger partial charge in [0.2, 0.25) is 0 Å². The molecule has 7 heteroatoms. The summed E-state index contributed by atoms with van der Waals surface area (Å²) in [5.41, 5.74) is 1.28. The highest BCUT2D eigenvalue weighted by molar-refractivity contribution is 5.77. The van der Waals surface area contributed by atoms with E-state index in [1.165, 1.54) is 76.2 Å². The van der Waals surface area contributed by atoms with Crippen LogP contribution in [0.4, 0.5) is 0 Å². The van der Waals surface area contributed by atoms with Crippen molar-refractivity contribution in [3.63, 3.8) is 0 Å². The van der Waals surface area contributed by atoms with E-state index in [0.717, 1.165) is 19.5 Å². The molecule has 0 radical (unpaired) electrons. The molecule has 0 saturated heterocycles. The van der Waals surface area contributed by atoms with Crippen LogP contribution >= 0.6 is 0 Å². The van der Waals surface area contributed by atoms with Crippen LogP contribution in [0, 0.1) is 15.3 Å². The van der Waals surface area contributed by atoms with Gasteiger partial charge in [-0.15, -0.1) is 0 Å². The Morgan fingerprint density at radius 1 is 0.844 bits per heavy atom. The number of rotatable bonds is 17. The van der Waals surface area contributed by atoms with Crippen LogP contribution in [-0.2, 0) is 11.3 Å². The van der Waals surface area contributed by atoms with E-state index in [4.69, 9.17) is 15.3 Å². The molecule has 1 aromatic carbocycles.